The summed E-state index contributed by atoms with van der Waals surface area (Å²) in [5, 5.41) is 0.323. The average molecular weight is 247 g/mol. The van der Waals surface area contributed by atoms with Crippen molar-refractivity contribution < 1.29 is 13.9 Å². The first-order valence-corrected chi connectivity index (χ1v) is 5.26. The van der Waals surface area contributed by atoms with E-state index < -0.39 is 5.63 Å². The van der Waals surface area contributed by atoms with E-state index in [0.717, 1.165) is 5.56 Å². The van der Waals surface area contributed by atoms with Gasteiger partial charge < -0.3 is 18.9 Å². The first kappa shape index (κ1) is 12.0. The predicted molar refractivity (Wildman–Crippen MR) is 67.2 cm³/mol. The van der Waals surface area contributed by atoms with E-state index in [9.17, 15) is 4.79 Å². The van der Waals surface area contributed by atoms with Crippen LogP contribution in [0.2, 0.25) is 0 Å². The second kappa shape index (κ2) is 4.83. The number of ether oxygens (including phenoxy) is 2. The Labute approximate surface area is 103 Å². The fourth-order valence-electron chi connectivity index (χ4n) is 1.58. The molecular weight excluding hydrogens is 234 g/mol. The second-order valence-corrected chi connectivity index (χ2v) is 3.60. The topological polar surface area (TPSA) is 64.5 Å². The Hall–Kier alpha value is -2.43. The molecule has 0 spiro atoms. The van der Waals surface area contributed by atoms with Crippen molar-refractivity contribution in [3.63, 3.8) is 0 Å². The van der Waals surface area contributed by atoms with Crippen LogP contribution in [0.15, 0.2) is 27.4 Å². The van der Waals surface area contributed by atoms with Crippen LogP contribution in [0.25, 0.3) is 12.7 Å². The highest BCUT2D eigenvalue weighted by atomic mass is 16.5. The Morgan fingerprint density at radius 3 is 2.67 bits per heavy atom. The maximum absolute atomic E-state index is 11.4. The minimum absolute atomic E-state index is 0.221. The van der Waals surface area contributed by atoms with Crippen molar-refractivity contribution in [2.45, 2.75) is 0 Å². The lowest BCUT2D eigenvalue weighted by atomic mass is 10.2. The summed E-state index contributed by atoms with van der Waals surface area (Å²) < 4.78 is 15.1. The fourth-order valence-corrected chi connectivity index (χ4v) is 1.58. The number of H-pyrrole nitrogens is 1. The Bertz CT molecular complexity index is 711. The fraction of sp³-hybridized carbons (Fsp3) is 0.154. The van der Waals surface area contributed by atoms with Gasteiger partial charge in [0.2, 0.25) is 0 Å². The van der Waals surface area contributed by atoms with Gasteiger partial charge >= 0.3 is 5.63 Å². The molecule has 2 rings (SSSR count). The molecule has 1 heterocycles. The summed E-state index contributed by atoms with van der Waals surface area (Å²) in [5.74, 6) is 1.29. The highest BCUT2D eigenvalue weighted by Gasteiger charge is 2.03. The van der Waals surface area contributed by atoms with Crippen LogP contribution >= 0.6 is 0 Å². The van der Waals surface area contributed by atoms with E-state index in [1.807, 2.05) is 0 Å². The van der Waals surface area contributed by atoms with Crippen LogP contribution in [0.1, 0.15) is 5.56 Å². The van der Waals surface area contributed by atoms with Crippen LogP contribution < -0.4 is 26.0 Å². The quantitative estimate of drug-likeness (QED) is 0.843. The highest BCUT2D eigenvalue weighted by Crippen LogP contribution is 2.24. The smallest absolute Gasteiger partial charge is 0.361 e. The molecule has 0 aliphatic carbocycles. The van der Waals surface area contributed by atoms with Crippen LogP contribution in [-0.2, 0) is 0 Å². The molecule has 0 aliphatic rings. The van der Waals surface area contributed by atoms with Gasteiger partial charge in [-0.1, -0.05) is 0 Å². The molecule has 0 unspecified atom stereocenters. The molecule has 0 atom stereocenters. The van der Waals surface area contributed by atoms with Crippen molar-refractivity contribution in [1.82, 2.24) is 4.98 Å². The van der Waals surface area contributed by atoms with Crippen LogP contribution in [0.4, 0.5) is 0 Å². The summed E-state index contributed by atoms with van der Waals surface area (Å²) in [7, 11) is 3.13. The molecule has 0 fully saturated rings. The largest absolute Gasteiger partial charge is 0.497 e. The molecule has 2 aromatic rings. The van der Waals surface area contributed by atoms with Crippen molar-refractivity contribution in [2.24, 2.45) is 0 Å². The number of nitrogens with one attached hydrogen (secondary N) is 1. The monoisotopic (exact) mass is 247 g/mol. The van der Waals surface area contributed by atoms with Gasteiger partial charge in [-0.2, -0.15) is 0 Å². The number of hydrogen-bond acceptors (Lipinski definition) is 4. The van der Waals surface area contributed by atoms with Crippen molar-refractivity contribution in [2.75, 3.05) is 14.2 Å². The maximum atomic E-state index is 11.4. The summed E-state index contributed by atoms with van der Waals surface area (Å²) in [4.78, 5) is 14.2. The van der Waals surface area contributed by atoms with E-state index in [2.05, 4.69) is 11.6 Å². The minimum atomic E-state index is -0.460. The Morgan fingerprint density at radius 1 is 1.33 bits per heavy atom. The van der Waals surface area contributed by atoms with Gasteiger partial charge in [-0.05, 0) is 24.8 Å². The third-order valence-electron chi connectivity index (χ3n) is 2.45. The molecule has 94 valence electrons. The lowest BCUT2D eigenvalue weighted by Gasteiger charge is -2.06. The lowest BCUT2D eigenvalue weighted by Crippen LogP contribution is -2.21. The molecule has 0 bridgehead atoms. The Kier molecular flexibility index (Phi) is 3.23. The zero-order valence-corrected chi connectivity index (χ0v) is 10.1. The van der Waals surface area contributed by atoms with Crippen LogP contribution in [-0.4, -0.2) is 19.2 Å². The first-order chi connectivity index (χ1) is 8.63. The van der Waals surface area contributed by atoms with Crippen LogP contribution in [0, 0.1) is 0 Å². The lowest BCUT2D eigenvalue weighted by molar-refractivity contribution is 0.393. The number of aromatic nitrogens is 1. The first-order valence-electron chi connectivity index (χ1n) is 5.26. The number of methoxy groups -OCH3 is 2. The molecule has 5 nitrogen and oxygen atoms in total. The Balaban J connectivity index is 2.59. The number of aromatic amines is 1. The van der Waals surface area contributed by atoms with Crippen molar-refractivity contribution in [1.29, 1.82) is 0 Å². The predicted octanol–water partition coefficient (Wildman–Crippen LogP) is 0.224. The summed E-state index contributed by atoms with van der Waals surface area (Å²) in [6.45, 7) is 3.52. The van der Waals surface area contributed by atoms with E-state index in [1.54, 1.807) is 38.5 Å². The zero-order valence-electron chi connectivity index (χ0n) is 10.1. The van der Waals surface area contributed by atoms with Gasteiger partial charge in [-0.15, -0.1) is 0 Å². The SMILES string of the molecule is C=c1[nH]/c(=C\c2ccc(OC)cc2OC)c(=O)o1. The number of hydrogen-bond donors (Lipinski definition) is 1. The van der Waals surface area contributed by atoms with E-state index >= 15 is 0 Å². The molecule has 1 N–H and O–H groups in total. The standard InChI is InChI=1S/C13H13NO4/c1-8-14-11(13(15)18-8)6-9-4-5-10(16-2)7-12(9)17-3/h4-7,14H,1H2,2-3H3/b11-6-. The summed E-state index contributed by atoms with van der Waals surface area (Å²) in [6.07, 6.45) is 1.64. The molecule has 0 saturated carbocycles. The summed E-state index contributed by atoms with van der Waals surface area (Å²) in [5.41, 5.74) is 0.504. The number of benzene rings is 1. The van der Waals surface area contributed by atoms with Gasteiger partial charge in [0.15, 0.2) is 5.55 Å². The van der Waals surface area contributed by atoms with E-state index in [-0.39, 0.29) is 5.55 Å². The van der Waals surface area contributed by atoms with Gasteiger partial charge in [-0.3, -0.25) is 0 Å². The molecule has 0 saturated heterocycles. The molecule has 1 aromatic heterocycles. The van der Waals surface area contributed by atoms with Crippen molar-refractivity contribution in [3.8, 4) is 11.5 Å². The van der Waals surface area contributed by atoms with Crippen molar-refractivity contribution in [3.05, 3.63) is 45.1 Å². The van der Waals surface area contributed by atoms with Crippen molar-refractivity contribution >= 4 is 12.7 Å². The summed E-state index contributed by atoms with van der Waals surface area (Å²) in [6, 6.07) is 5.31. The van der Waals surface area contributed by atoms with Gasteiger partial charge in [0.05, 0.1) is 14.2 Å². The van der Waals surface area contributed by atoms with Crippen LogP contribution in [0.3, 0.4) is 0 Å². The summed E-state index contributed by atoms with van der Waals surface area (Å²) >= 11 is 0. The average Bonchev–Trinajstić information content (AvgIpc) is 2.68. The van der Waals surface area contributed by atoms with E-state index in [1.165, 1.54) is 0 Å². The normalized spacial score (nSPS) is 11.6. The Morgan fingerprint density at radius 2 is 2.11 bits per heavy atom. The van der Waals surface area contributed by atoms with Gasteiger partial charge in [-0.25, -0.2) is 4.79 Å². The third kappa shape index (κ3) is 2.29. The zero-order chi connectivity index (χ0) is 13.1. The van der Waals surface area contributed by atoms with E-state index in [0.29, 0.717) is 16.8 Å². The molecule has 5 heteroatoms. The van der Waals surface area contributed by atoms with Gasteiger partial charge in [0.25, 0.3) is 0 Å². The molecular formula is C13H13NO4. The molecule has 0 aliphatic heterocycles. The molecule has 1 aromatic carbocycles. The number of rotatable bonds is 3. The second-order valence-electron chi connectivity index (χ2n) is 3.60. The highest BCUT2D eigenvalue weighted by molar-refractivity contribution is 5.58. The maximum Gasteiger partial charge on any atom is 0.361 e. The number of oxazole rings is 1. The van der Waals surface area contributed by atoms with Crippen LogP contribution in [0.5, 0.6) is 11.5 Å². The van der Waals surface area contributed by atoms with E-state index in [4.69, 9.17) is 13.9 Å². The molecule has 0 radical (unpaired) electrons. The minimum Gasteiger partial charge on any atom is -0.497 e. The molecule has 18 heavy (non-hydrogen) atoms. The van der Waals surface area contributed by atoms with Gasteiger partial charge in [0, 0.05) is 11.6 Å². The third-order valence-corrected chi connectivity index (χ3v) is 2.45. The molecule has 0 amide bonds. The van der Waals surface area contributed by atoms with Gasteiger partial charge in [0.1, 0.15) is 16.8 Å².